The molecule has 0 saturated heterocycles. The zero-order chi connectivity index (χ0) is 13.4. The molecule has 0 aromatic carbocycles. The van der Waals surface area contributed by atoms with Crippen LogP contribution in [0.15, 0.2) is 0 Å². The highest BCUT2D eigenvalue weighted by atomic mass is 35.5. The second-order valence-electron chi connectivity index (χ2n) is 5.57. The van der Waals surface area contributed by atoms with Crippen LogP contribution in [-0.4, -0.2) is 38.5 Å². The average molecular weight is 331 g/mol. The minimum absolute atomic E-state index is 0. The highest BCUT2D eigenvalue weighted by Gasteiger charge is 2.18. The minimum atomic E-state index is 0. The highest BCUT2D eigenvalue weighted by Crippen LogP contribution is 2.19. The first-order valence-corrected chi connectivity index (χ1v) is 7.22. The van der Waals surface area contributed by atoms with E-state index < -0.39 is 0 Å². The summed E-state index contributed by atoms with van der Waals surface area (Å²) in [6.45, 7) is 0. The lowest BCUT2D eigenvalue weighted by molar-refractivity contribution is 0.0643. The summed E-state index contributed by atoms with van der Waals surface area (Å²) in [7, 11) is 3.53. The van der Waals surface area contributed by atoms with Crippen LogP contribution in [0.4, 0.5) is 0 Å². The van der Waals surface area contributed by atoms with E-state index in [4.69, 9.17) is 20.9 Å². The molecule has 20 heavy (non-hydrogen) atoms. The maximum absolute atomic E-state index is 5.72. The Morgan fingerprint density at radius 1 is 0.700 bits per heavy atom. The number of nitrogens with two attached hydrogens (primary N) is 2. The van der Waals surface area contributed by atoms with Gasteiger partial charge in [-0.25, -0.2) is 0 Å². The van der Waals surface area contributed by atoms with Crippen LogP contribution in [0.25, 0.3) is 0 Å². The Kier molecular flexibility index (Phi) is 14.9. The second-order valence-corrected chi connectivity index (χ2v) is 5.57. The van der Waals surface area contributed by atoms with Gasteiger partial charge in [-0.2, -0.15) is 0 Å². The van der Waals surface area contributed by atoms with Crippen molar-refractivity contribution in [2.24, 2.45) is 11.5 Å². The van der Waals surface area contributed by atoms with Gasteiger partial charge in [0.2, 0.25) is 0 Å². The largest absolute Gasteiger partial charge is 0.381 e. The maximum atomic E-state index is 5.72. The first-order valence-electron chi connectivity index (χ1n) is 7.22. The van der Waals surface area contributed by atoms with Crippen molar-refractivity contribution in [2.75, 3.05) is 14.2 Å². The van der Waals surface area contributed by atoms with Crippen molar-refractivity contribution in [1.29, 1.82) is 0 Å². The first-order chi connectivity index (χ1) is 8.65. The highest BCUT2D eigenvalue weighted by molar-refractivity contribution is 5.85. The molecule has 0 aliphatic heterocycles. The predicted octanol–water partition coefficient (Wildman–Crippen LogP) is 2.65. The van der Waals surface area contributed by atoms with Gasteiger partial charge in [-0.1, -0.05) is 0 Å². The molecule has 0 unspecified atom stereocenters. The smallest absolute Gasteiger partial charge is 0.0586 e. The van der Waals surface area contributed by atoms with Crippen molar-refractivity contribution < 1.29 is 9.47 Å². The molecule has 2 saturated carbocycles. The average Bonchev–Trinajstić information content (AvgIpc) is 2.39. The van der Waals surface area contributed by atoms with Gasteiger partial charge in [-0.05, 0) is 51.4 Å². The van der Waals surface area contributed by atoms with Gasteiger partial charge in [0.25, 0.3) is 0 Å². The number of rotatable bonds is 2. The van der Waals surface area contributed by atoms with Crippen molar-refractivity contribution in [1.82, 2.24) is 0 Å². The molecule has 0 radical (unpaired) electrons. The van der Waals surface area contributed by atoms with E-state index in [9.17, 15) is 0 Å². The minimum Gasteiger partial charge on any atom is -0.381 e. The van der Waals surface area contributed by atoms with E-state index >= 15 is 0 Å². The summed E-state index contributed by atoms with van der Waals surface area (Å²) in [4.78, 5) is 0. The molecule has 2 rings (SSSR count). The molecule has 0 bridgehead atoms. The molecule has 0 heterocycles. The first kappa shape index (κ1) is 22.7. The van der Waals surface area contributed by atoms with Crippen molar-refractivity contribution in [3.63, 3.8) is 0 Å². The van der Waals surface area contributed by atoms with E-state index in [-0.39, 0.29) is 24.8 Å². The summed E-state index contributed by atoms with van der Waals surface area (Å²) in [6.07, 6.45) is 10.2. The molecular weight excluding hydrogens is 299 g/mol. The van der Waals surface area contributed by atoms with Gasteiger partial charge in [-0.15, -0.1) is 24.8 Å². The molecule has 0 spiro atoms. The molecule has 0 aromatic rings. The van der Waals surface area contributed by atoms with E-state index in [1.54, 1.807) is 14.2 Å². The SMILES string of the molecule is CO[C@@H]1CCC[C@H](N)C1.CO[C@H]1CCC[C@@H](N)C1.Cl.Cl. The van der Waals surface area contributed by atoms with E-state index in [2.05, 4.69) is 0 Å². The number of hydrogen-bond donors (Lipinski definition) is 2. The molecule has 124 valence electrons. The van der Waals surface area contributed by atoms with Crippen LogP contribution in [0.5, 0.6) is 0 Å². The molecule has 0 aromatic heterocycles. The normalized spacial score (nSPS) is 33.0. The molecule has 0 amide bonds. The van der Waals surface area contributed by atoms with Crippen LogP contribution in [0, 0.1) is 0 Å². The van der Waals surface area contributed by atoms with Crippen LogP contribution in [-0.2, 0) is 9.47 Å². The fourth-order valence-electron chi connectivity index (χ4n) is 2.79. The summed E-state index contributed by atoms with van der Waals surface area (Å²) in [5.74, 6) is 0. The molecule has 2 fully saturated rings. The second kappa shape index (κ2) is 13.1. The standard InChI is InChI=1S/2C7H15NO.2ClH/c2*1-9-7-4-2-3-6(8)5-7;;/h2*6-7H,2-5,8H2,1H3;2*1H/t2*6-,7+;;/m10../s1. The summed E-state index contributed by atoms with van der Waals surface area (Å²) in [5.41, 5.74) is 11.4. The number of halogens is 2. The van der Waals surface area contributed by atoms with Crippen LogP contribution < -0.4 is 11.5 Å². The van der Waals surface area contributed by atoms with Gasteiger partial charge < -0.3 is 20.9 Å². The molecule has 6 heteroatoms. The Bertz CT molecular complexity index is 201. The van der Waals surface area contributed by atoms with E-state index in [0.29, 0.717) is 24.3 Å². The fraction of sp³-hybridized carbons (Fsp3) is 1.00. The Morgan fingerprint density at radius 2 is 1.05 bits per heavy atom. The summed E-state index contributed by atoms with van der Waals surface area (Å²) in [6, 6.07) is 0.785. The van der Waals surface area contributed by atoms with E-state index in [0.717, 1.165) is 12.8 Å². The third-order valence-corrected chi connectivity index (χ3v) is 4.00. The van der Waals surface area contributed by atoms with Gasteiger partial charge in [0, 0.05) is 26.3 Å². The van der Waals surface area contributed by atoms with Gasteiger partial charge >= 0.3 is 0 Å². The summed E-state index contributed by atoms with van der Waals surface area (Å²) < 4.78 is 10.4. The number of ether oxygens (including phenoxy) is 2. The molecule has 2 aliphatic rings. The van der Waals surface area contributed by atoms with Crippen LogP contribution >= 0.6 is 24.8 Å². The van der Waals surface area contributed by atoms with Crippen LogP contribution in [0.1, 0.15) is 51.4 Å². The summed E-state index contributed by atoms with van der Waals surface area (Å²) in [5, 5.41) is 0. The Labute approximate surface area is 136 Å². The lowest BCUT2D eigenvalue weighted by Gasteiger charge is -2.24. The number of methoxy groups -OCH3 is 2. The Morgan fingerprint density at radius 3 is 1.25 bits per heavy atom. The van der Waals surface area contributed by atoms with Crippen molar-refractivity contribution in [3.05, 3.63) is 0 Å². The van der Waals surface area contributed by atoms with Gasteiger partial charge in [0.1, 0.15) is 0 Å². The quantitative estimate of drug-likeness (QED) is 0.816. The third-order valence-electron chi connectivity index (χ3n) is 4.00. The van der Waals surface area contributed by atoms with E-state index in [1.807, 2.05) is 0 Å². The van der Waals surface area contributed by atoms with Gasteiger partial charge in [-0.3, -0.25) is 0 Å². The maximum Gasteiger partial charge on any atom is 0.0586 e. The zero-order valence-corrected chi connectivity index (χ0v) is 14.4. The molecule has 4 N–H and O–H groups in total. The monoisotopic (exact) mass is 330 g/mol. The van der Waals surface area contributed by atoms with Crippen LogP contribution in [0.3, 0.4) is 0 Å². The Balaban J connectivity index is 0. The van der Waals surface area contributed by atoms with E-state index in [1.165, 1.54) is 38.5 Å². The zero-order valence-electron chi connectivity index (χ0n) is 12.8. The lowest BCUT2D eigenvalue weighted by atomic mass is 9.94. The fourth-order valence-corrected chi connectivity index (χ4v) is 2.79. The molecular formula is C14H32Cl2N2O2. The predicted molar refractivity (Wildman–Crippen MR) is 89.0 cm³/mol. The van der Waals surface area contributed by atoms with Crippen molar-refractivity contribution >= 4 is 24.8 Å². The van der Waals surface area contributed by atoms with Crippen LogP contribution in [0.2, 0.25) is 0 Å². The lowest BCUT2D eigenvalue weighted by Crippen LogP contribution is -2.31. The Hall–Kier alpha value is 0.420. The van der Waals surface area contributed by atoms with Crippen molar-refractivity contribution in [3.8, 4) is 0 Å². The van der Waals surface area contributed by atoms with Gasteiger partial charge in [0.05, 0.1) is 12.2 Å². The van der Waals surface area contributed by atoms with Crippen molar-refractivity contribution in [2.45, 2.75) is 75.7 Å². The molecule has 4 nitrogen and oxygen atoms in total. The molecule has 2 aliphatic carbocycles. The summed E-state index contributed by atoms with van der Waals surface area (Å²) >= 11 is 0. The number of hydrogen-bond acceptors (Lipinski definition) is 4. The van der Waals surface area contributed by atoms with Gasteiger partial charge in [0.15, 0.2) is 0 Å². The topological polar surface area (TPSA) is 70.5 Å². The molecule has 4 atom stereocenters. The third kappa shape index (κ3) is 9.37.